The molecule has 1 atom stereocenters. The maximum absolute atomic E-state index is 13.4. The van der Waals surface area contributed by atoms with E-state index >= 15 is 0 Å². The van der Waals surface area contributed by atoms with Crippen molar-refractivity contribution >= 4 is 21.7 Å². The summed E-state index contributed by atoms with van der Waals surface area (Å²) in [5.74, 6) is -1.36. The monoisotopic (exact) mass is 269 g/mol. The summed E-state index contributed by atoms with van der Waals surface area (Å²) in [7, 11) is 0. The summed E-state index contributed by atoms with van der Waals surface area (Å²) in [6.45, 7) is 1.62. The zero-order chi connectivity index (χ0) is 11.4. The van der Waals surface area contributed by atoms with Crippen LogP contribution < -0.4 is 0 Å². The molecule has 1 unspecified atom stereocenters. The molecule has 0 radical (unpaired) electrons. The fraction of sp³-hybridized carbons (Fsp3) is 0.273. The first-order valence-electron chi connectivity index (χ1n) is 4.42. The zero-order valence-electron chi connectivity index (χ0n) is 8.13. The van der Waals surface area contributed by atoms with Crippen LogP contribution in [0.15, 0.2) is 22.7 Å². The van der Waals surface area contributed by atoms with Gasteiger partial charge in [0.05, 0.1) is 11.6 Å². The number of nitriles is 1. The molecule has 0 aromatic heterocycles. The van der Waals surface area contributed by atoms with Crippen molar-refractivity contribution in [2.24, 2.45) is 5.92 Å². The van der Waals surface area contributed by atoms with Gasteiger partial charge in [-0.2, -0.15) is 5.26 Å². The average molecular weight is 270 g/mol. The van der Waals surface area contributed by atoms with Crippen LogP contribution in [0.2, 0.25) is 0 Å². The van der Waals surface area contributed by atoms with Crippen molar-refractivity contribution < 1.29 is 9.18 Å². The van der Waals surface area contributed by atoms with E-state index in [2.05, 4.69) is 15.9 Å². The fourth-order valence-corrected chi connectivity index (χ4v) is 1.52. The first kappa shape index (κ1) is 11.9. The molecule has 15 heavy (non-hydrogen) atoms. The first-order valence-corrected chi connectivity index (χ1v) is 5.21. The third-order valence-corrected chi connectivity index (χ3v) is 2.53. The van der Waals surface area contributed by atoms with Crippen molar-refractivity contribution in [3.8, 4) is 6.07 Å². The van der Waals surface area contributed by atoms with E-state index < -0.39 is 11.7 Å². The summed E-state index contributed by atoms with van der Waals surface area (Å²) in [5.41, 5.74) is 0.0425. The molecular formula is C11H9BrFNO. The van der Waals surface area contributed by atoms with Crippen LogP contribution in [0.3, 0.4) is 0 Å². The number of nitrogens with zero attached hydrogens (tertiary/aromatic N) is 1. The summed E-state index contributed by atoms with van der Waals surface area (Å²) >= 11 is 3.11. The predicted molar refractivity (Wildman–Crippen MR) is 57.8 cm³/mol. The molecule has 0 spiro atoms. The lowest BCUT2D eigenvalue weighted by molar-refractivity contribution is 0.0927. The van der Waals surface area contributed by atoms with Crippen LogP contribution >= 0.6 is 15.9 Å². The second-order valence-corrected chi connectivity index (χ2v) is 4.17. The van der Waals surface area contributed by atoms with Gasteiger partial charge in [-0.05, 0) is 18.2 Å². The van der Waals surface area contributed by atoms with Gasteiger partial charge in [0.1, 0.15) is 5.82 Å². The minimum absolute atomic E-state index is 0.0425. The number of rotatable bonds is 3. The quantitative estimate of drug-likeness (QED) is 0.790. The van der Waals surface area contributed by atoms with E-state index in [4.69, 9.17) is 5.26 Å². The van der Waals surface area contributed by atoms with Gasteiger partial charge in [-0.15, -0.1) is 0 Å². The Bertz CT molecular complexity index is 425. The fourth-order valence-electron chi connectivity index (χ4n) is 1.18. The highest BCUT2D eigenvalue weighted by Crippen LogP contribution is 2.19. The third kappa shape index (κ3) is 2.87. The van der Waals surface area contributed by atoms with Crippen molar-refractivity contribution in [3.63, 3.8) is 0 Å². The summed E-state index contributed by atoms with van der Waals surface area (Å²) in [6.07, 6.45) is 0.105. The van der Waals surface area contributed by atoms with E-state index in [1.165, 1.54) is 12.1 Å². The Hall–Kier alpha value is -1.21. The van der Waals surface area contributed by atoms with Crippen molar-refractivity contribution in [2.45, 2.75) is 13.3 Å². The second-order valence-electron chi connectivity index (χ2n) is 3.25. The molecule has 0 saturated heterocycles. The molecule has 0 N–H and O–H groups in total. The predicted octanol–water partition coefficient (Wildman–Crippen LogP) is 3.32. The average Bonchev–Trinajstić information content (AvgIpc) is 2.17. The number of hydrogen-bond donors (Lipinski definition) is 0. The Balaban J connectivity index is 2.97. The number of carbonyl (C=O) groups is 1. The van der Waals surface area contributed by atoms with E-state index in [1.54, 1.807) is 13.0 Å². The highest BCUT2D eigenvalue weighted by molar-refractivity contribution is 9.10. The van der Waals surface area contributed by atoms with Gasteiger partial charge in [0.15, 0.2) is 5.78 Å². The summed E-state index contributed by atoms with van der Waals surface area (Å²) in [6, 6.07) is 6.17. The van der Waals surface area contributed by atoms with Gasteiger partial charge >= 0.3 is 0 Å². The molecule has 0 aliphatic rings. The molecule has 1 rings (SSSR count). The van der Waals surface area contributed by atoms with Gasteiger partial charge < -0.3 is 0 Å². The summed E-state index contributed by atoms with van der Waals surface area (Å²) in [4.78, 5) is 11.7. The van der Waals surface area contributed by atoms with Gasteiger partial charge in [0, 0.05) is 16.8 Å². The van der Waals surface area contributed by atoms with Gasteiger partial charge in [-0.3, -0.25) is 4.79 Å². The van der Waals surface area contributed by atoms with E-state index in [9.17, 15) is 9.18 Å². The van der Waals surface area contributed by atoms with Crippen molar-refractivity contribution in [3.05, 3.63) is 34.1 Å². The van der Waals surface area contributed by atoms with Crippen LogP contribution in [0.1, 0.15) is 23.7 Å². The highest BCUT2D eigenvalue weighted by atomic mass is 79.9. The standard InChI is InChI=1S/C11H9BrFNO/c1-7(4-5-14)11(15)9-3-2-8(12)6-10(9)13/h2-3,6-7H,4H2,1H3. The number of halogens is 2. The maximum Gasteiger partial charge on any atom is 0.169 e. The molecule has 0 saturated carbocycles. The van der Waals surface area contributed by atoms with Gasteiger partial charge in [0.2, 0.25) is 0 Å². The minimum Gasteiger partial charge on any atom is -0.294 e. The van der Waals surface area contributed by atoms with Crippen LogP contribution in [0.25, 0.3) is 0 Å². The van der Waals surface area contributed by atoms with Crippen LogP contribution in [0.4, 0.5) is 4.39 Å². The zero-order valence-corrected chi connectivity index (χ0v) is 9.71. The Kier molecular flexibility index (Phi) is 3.98. The lowest BCUT2D eigenvalue weighted by atomic mass is 9.97. The lowest BCUT2D eigenvalue weighted by Crippen LogP contribution is -2.12. The number of Topliss-reactive ketones (excluding diaryl/α,β-unsaturated/α-hetero) is 1. The van der Waals surface area contributed by atoms with Crippen molar-refractivity contribution in [1.82, 2.24) is 0 Å². The molecule has 1 aromatic carbocycles. The van der Waals surface area contributed by atoms with Crippen LogP contribution in [-0.4, -0.2) is 5.78 Å². The van der Waals surface area contributed by atoms with Crippen LogP contribution in [0.5, 0.6) is 0 Å². The largest absolute Gasteiger partial charge is 0.294 e. The summed E-state index contributed by atoms with van der Waals surface area (Å²) in [5, 5.41) is 8.44. The SMILES string of the molecule is CC(CC#N)C(=O)c1ccc(Br)cc1F. The lowest BCUT2D eigenvalue weighted by Gasteiger charge is -2.07. The molecule has 0 bridgehead atoms. The van der Waals surface area contributed by atoms with Gasteiger partial charge in [-0.25, -0.2) is 4.39 Å². The molecule has 0 aliphatic heterocycles. The molecule has 1 aromatic rings. The number of carbonyl (C=O) groups excluding carboxylic acids is 1. The van der Waals surface area contributed by atoms with E-state index in [0.717, 1.165) is 0 Å². The molecular weight excluding hydrogens is 261 g/mol. The van der Waals surface area contributed by atoms with E-state index in [-0.39, 0.29) is 17.8 Å². The normalized spacial score (nSPS) is 11.9. The maximum atomic E-state index is 13.4. The molecule has 0 heterocycles. The van der Waals surface area contributed by atoms with E-state index in [1.807, 2.05) is 6.07 Å². The second kappa shape index (κ2) is 5.04. The first-order chi connectivity index (χ1) is 7.06. The summed E-state index contributed by atoms with van der Waals surface area (Å²) < 4.78 is 14.0. The molecule has 2 nitrogen and oxygen atoms in total. The number of ketones is 1. The Labute approximate surface area is 95.8 Å². The Morgan fingerprint density at radius 2 is 2.33 bits per heavy atom. The smallest absolute Gasteiger partial charge is 0.169 e. The molecule has 4 heteroatoms. The van der Waals surface area contributed by atoms with Crippen molar-refractivity contribution in [1.29, 1.82) is 5.26 Å². The third-order valence-electron chi connectivity index (χ3n) is 2.04. The topological polar surface area (TPSA) is 40.9 Å². The van der Waals surface area contributed by atoms with Crippen LogP contribution in [0, 0.1) is 23.1 Å². The van der Waals surface area contributed by atoms with E-state index in [0.29, 0.717) is 4.47 Å². The van der Waals surface area contributed by atoms with Gasteiger partial charge in [0.25, 0.3) is 0 Å². The Morgan fingerprint density at radius 3 is 2.87 bits per heavy atom. The highest BCUT2D eigenvalue weighted by Gasteiger charge is 2.18. The molecule has 0 amide bonds. The van der Waals surface area contributed by atoms with Crippen molar-refractivity contribution in [2.75, 3.05) is 0 Å². The molecule has 78 valence electrons. The Morgan fingerprint density at radius 1 is 1.67 bits per heavy atom. The molecule has 0 fully saturated rings. The number of hydrogen-bond acceptors (Lipinski definition) is 2. The van der Waals surface area contributed by atoms with Gasteiger partial charge in [-0.1, -0.05) is 22.9 Å². The molecule has 0 aliphatic carbocycles. The minimum atomic E-state index is -0.556. The number of benzene rings is 1. The van der Waals surface area contributed by atoms with Crippen LogP contribution in [-0.2, 0) is 0 Å².